The summed E-state index contributed by atoms with van der Waals surface area (Å²) >= 11 is 0. The van der Waals surface area contributed by atoms with Crippen LogP contribution in [-0.2, 0) is 0 Å². The van der Waals surface area contributed by atoms with E-state index < -0.39 is 17.6 Å². The van der Waals surface area contributed by atoms with Gasteiger partial charge in [-0.15, -0.1) is 0 Å². The van der Waals surface area contributed by atoms with E-state index in [2.05, 4.69) is 4.98 Å². The van der Waals surface area contributed by atoms with E-state index in [0.29, 0.717) is 19.2 Å². The van der Waals surface area contributed by atoms with Crippen LogP contribution in [0.25, 0.3) is 0 Å². The van der Waals surface area contributed by atoms with Gasteiger partial charge in [0.15, 0.2) is 17.5 Å². The van der Waals surface area contributed by atoms with Crippen molar-refractivity contribution in [3.8, 4) is 0 Å². The average Bonchev–Trinajstić information content (AvgIpc) is 2.93. The van der Waals surface area contributed by atoms with Crippen molar-refractivity contribution in [2.75, 3.05) is 18.0 Å². The van der Waals surface area contributed by atoms with Crippen molar-refractivity contribution in [3.63, 3.8) is 0 Å². The molecule has 1 fully saturated rings. The Bertz CT molecular complexity index is 616. The van der Waals surface area contributed by atoms with E-state index in [1.54, 1.807) is 4.90 Å². The van der Waals surface area contributed by atoms with Crippen LogP contribution in [-0.4, -0.2) is 18.1 Å². The molecule has 0 spiro atoms. The molecule has 1 aromatic carbocycles. The Morgan fingerprint density at radius 1 is 1.05 bits per heavy atom. The summed E-state index contributed by atoms with van der Waals surface area (Å²) in [6.45, 7) is 1.13. The molecule has 0 N–H and O–H groups in total. The van der Waals surface area contributed by atoms with Gasteiger partial charge in [0.25, 0.3) is 5.95 Å². The number of aromatic nitrogens is 1. The lowest BCUT2D eigenvalue weighted by atomic mass is 9.99. The van der Waals surface area contributed by atoms with E-state index in [1.165, 1.54) is 0 Å². The largest absolute Gasteiger partial charge is 0.353 e. The van der Waals surface area contributed by atoms with Gasteiger partial charge in [-0.05, 0) is 12.0 Å². The summed E-state index contributed by atoms with van der Waals surface area (Å²) in [6, 6.07) is 10.4. The number of benzene rings is 1. The summed E-state index contributed by atoms with van der Waals surface area (Å²) in [5, 5.41) is 0. The third-order valence-electron chi connectivity index (χ3n) is 3.63. The number of anilines is 1. The molecule has 1 aliphatic rings. The Morgan fingerprint density at radius 2 is 1.80 bits per heavy atom. The summed E-state index contributed by atoms with van der Waals surface area (Å²) in [5.41, 5.74) is 1.16. The fourth-order valence-electron chi connectivity index (χ4n) is 2.61. The van der Waals surface area contributed by atoms with Gasteiger partial charge in [-0.2, -0.15) is 9.37 Å². The fourth-order valence-corrected chi connectivity index (χ4v) is 2.61. The maximum atomic E-state index is 13.7. The van der Waals surface area contributed by atoms with Gasteiger partial charge in [0.05, 0.1) is 0 Å². The minimum Gasteiger partial charge on any atom is -0.353 e. The number of halogens is 3. The molecule has 1 aromatic heterocycles. The van der Waals surface area contributed by atoms with Gasteiger partial charge in [0, 0.05) is 25.1 Å². The van der Waals surface area contributed by atoms with Gasteiger partial charge in [-0.1, -0.05) is 30.3 Å². The highest BCUT2D eigenvalue weighted by Gasteiger charge is 2.27. The van der Waals surface area contributed by atoms with Crippen LogP contribution >= 0.6 is 0 Å². The average molecular weight is 278 g/mol. The van der Waals surface area contributed by atoms with Crippen molar-refractivity contribution >= 4 is 5.82 Å². The standard InChI is InChI=1S/C15H13F3N2/c16-12-8-13(17)15(19-14(12)18)20-7-6-11(9-20)10-4-2-1-3-5-10/h1-5,8,11H,6-7,9H2. The molecule has 104 valence electrons. The zero-order chi connectivity index (χ0) is 14.1. The third-order valence-corrected chi connectivity index (χ3v) is 3.63. The summed E-state index contributed by atoms with van der Waals surface area (Å²) in [5.74, 6) is -3.19. The zero-order valence-corrected chi connectivity index (χ0v) is 10.7. The van der Waals surface area contributed by atoms with Crippen molar-refractivity contribution in [1.29, 1.82) is 0 Å². The molecule has 1 atom stereocenters. The molecule has 20 heavy (non-hydrogen) atoms. The van der Waals surface area contributed by atoms with E-state index in [-0.39, 0.29) is 11.7 Å². The Hall–Kier alpha value is -2.04. The highest BCUT2D eigenvalue weighted by atomic mass is 19.2. The highest BCUT2D eigenvalue weighted by Crippen LogP contribution is 2.31. The SMILES string of the molecule is Fc1cc(F)c(N2CCC(c3ccccc3)C2)nc1F. The quantitative estimate of drug-likeness (QED) is 0.782. The number of rotatable bonds is 2. The number of hydrogen-bond acceptors (Lipinski definition) is 2. The van der Waals surface area contributed by atoms with Crippen LogP contribution in [0.2, 0.25) is 0 Å². The second-order valence-corrected chi connectivity index (χ2v) is 4.91. The number of hydrogen-bond donors (Lipinski definition) is 0. The molecule has 0 bridgehead atoms. The maximum absolute atomic E-state index is 13.7. The number of nitrogens with zero attached hydrogens (tertiary/aromatic N) is 2. The second-order valence-electron chi connectivity index (χ2n) is 4.91. The van der Waals surface area contributed by atoms with Crippen molar-refractivity contribution in [1.82, 2.24) is 4.98 Å². The molecule has 2 heterocycles. The highest BCUT2D eigenvalue weighted by molar-refractivity contribution is 5.43. The first-order valence-electron chi connectivity index (χ1n) is 6.46. The lowest BCUT2D eigenvalue weighted by Crippen LogP contribution is -2.22. The number of pyridine rings is 1. The van der Waals surface area contributed by atoms with E-state index in [1.807, 2.05) is 30.3 Å². The first-order chi connectivity index (χ1) is 9.65. The monoisotopic (exact) mass is 278 g/mol. The van der Waals surface area contributed by atoms with Gasteiger partial charge < -0.3 is 4.90 Å². The molecular weight excluding hydrogens is 265 g/mol. The van der Waals surface area contributed by atoms with E-state index in [0.717, 1.165) is 12.0 Å². The summed E-state index contributed by atoms with van der Waals surface area (Å²) < 4.78 is 39.7. The van der Waals surface area contributed by atoms with Gasteiger partial charge in [-0.3, -0.25) is 0 Å². The molecule has 0 amide bonds. The lowest BCUT2D eigenvalue weighted by Gasteiger charge is -2.18. The summed E-state index contributed by atoms with van der Waals surface area (Å²) in [7, 11) is 0. The molecular formula is C15H13F3N2. The molecule has 1 aliphatic heterocycles. The fraction of sp³-hybridized carbons (Fsp3) is 0.267. The second kappa shape index (κ2) is 5.15. The van der Waals surface area contributed by atoms with Crippen molar-refractivity contribution in [2.24, 2.45) is 0 Å². The Labute approximate surface area is 114 Å². The van der Waals surface area contributed by atoms with Gasteiger partial charge >= 0.3 is 0 Å². The normalized spacial score (nSPS) is 18.6. The molecule has 5 heteroatoms. The minimum absolute atomic E-state index is 0.109. The molecule has 0 aliphatic carbocycles. The van der Waals surface area contributed by atoms with E-state index in [4.69, 9.17) is 0 Å². The first-order valence-corrected chi connectivity index (χ1v) is 6.46. The smallest absolute Gasteiger partial charge is 0.251 e. The van der Waals surface area contributed by atoms with Gasteiger partial charge in [-0.25, -0.2) is 8.78 Å². The van der Waals surface area contributed by atoms with Crippen LogP contribution in [0.4, 0.5) is 19.0 Å². The lowest BCUT2D eigenvalue weighted by molar-refractivity contribution is 0.464. The molecule has 2 nitrogen and oxygen atoms in total. The van der Waals surface area contributed by atoms with E-state index in [9.17, 15) is 13.2 Å². The van der Waals surface area contributed by atoms with Crippen LogP contribution in [0.1, 0.15) is 17.9 Å². The van der Waals surface area contributed by atoms with Crippen molar-refractivity contribution in [2.45, 2.75) is 12.3 Å². The molecule has 0 saturated carbocycles. The van der Waals surface area contributed by atoms with Crippen LogP contribution < -0.4 is 4.90 Å². The third kappa shape index (κ3) is 2.35. The summed E-state index contributed by atoms with van der Waals surface area (Å²) in [6.07, 6.45) is 0.837. The van der Waals surface area contributed by atoms with Crippen LogP contribution in [0, 0.1) is 17.6 Å². The Morgan fingerprint density at radius 3 is 2.55 bits per heavy atom. The Balaban J connectivity index is 1.82. The predicted octanol–water partition coefficient (Wildman–Crippen LogP) is 3.49. The molecule has 1 unspecified atom stereocenters. The molecule has 2 aromatic rings. The molecule has 3 rings (SSSR count). The van der Waals surface area contributed by atoms with Crippen LogP contribution in [0.3, 0.4) is 0 Å². The molecule has 1 saturated heterocycles. The molecule has 0 radical (unpaired) electrons. The zero-order valence-electron chi connectivity index (χ0n) is 10.7. The van der Waals surface area contributed by atoms with E-state index >= 15 is 0 Å². The summed E-state index contributed by atoms with van der Waals surface area (Å²) in [4.78, 5) is 5.05. The van der Waals surface area contributed by atoms with Crippen LogP contribution in [0.15, 0.2) is 36.4 Å². The van der Waals surface area contributed by atoms with Crippen molar-refractivity contribution in [3.05, 3.63) is 59.5 Å². The minimum atomic E-state index is -1.26. The van der Waals surface area contributed by atoms with Crippen LogP contribution in [0.5, 0.6) is 0 Å². The van der Waals surface area contributed by atoms with Gasteiger partial charge in [0.2, 0.25) is 0 Å². The predicted molar refractivity (Wildman–Crippen MR) is 70.1 cm³/mol. The first kappa shape index (κ1) is 13.0. The Kier molecular flexibility index (Phi) is 3.34. The maximum Gasteiger partial charge on any atom is 0.251 e. The van der Waals surface area contributed by atoms with Crippen molar-refractivity contribution < 1.29 is 13.2 Å². The topological polar surface area (TPSA) is 16.1 Å². The van der Waals surface area contributed by atoms with Gasteiger partial charge in [0.1, 0.15) is 0 Å².